The van der Waals surface area contributed by atoms with Crippen LogP contribution in [-0.2, 0) is 6.54 Å². The van der Waals surface area contributed by atoms with E-state index in [4.69, 9.17) is 0 Å². The highest BCUT2D eigenvalue weighted by Gasteiger charge is 2.21. The van der Waals surface area contributed by atoms with Gasteiger partial charge < -0.3 is 15.5 Å². The maximum absolute atomic E-state index is 11.4. The van der Waals surface area contributed by atoms with Gasteiger partial charge in [0.1, 0.15) is 4.88 Å². The van der Waals surface area contributed by atoms with E-state index in [9.17, 15) is 15.0 Å². The highest BCUT2D eigenvalue weighted by atomic mass is 32.2. The third-order valence-corrected chi connectivity index (χ3v) is 5.27. The van der Waals surface area contributed by atoms with E-state index in [1.807, 2.05) is 30.5 Å². The zero-order chi connectivity index (χ0) is 15.5. The summed E-state index contributed by atoms with van der Waals surface area (Å²) in [5, 5.41) is 23.6. The first-order valence-corrected chi connectivity index (χ1v) is 8.81. The van der Waals surface area contributed by atoms with Gasteiger partial charge in [-0.15, -0.1) is 11.3 Å². The molecule has 1 atom stereocenters. The second-order valence-corrected chi connectivity index (χ2v) is 7.16. The molecule has 1 aromatic carbocycles. The molecule has 0 aliphatic rings. The highest BCUT2D eigenvalue weighted by molar-refractivity contribution is 7.98. The zero-order valence-corrected chi connectivity index (χ0v) is 13.7. The molecule has 0 saturated carbocycles. The van der Waals surface area contributed by atoms with Crippen LogP contribution in [0.1, 0.15) is 22.2 Å². The first kappa shape index (κ1) is 16.3. The van der Waals surface area contributed by atoms with Crippen LogP contribution >= 0.6 is 23.1 Å². The molecule has 21 heavy (non-hydrogen) atoms. The first-order valence-electron chi connectivity index (χ1n) is 6.60. The molecule has 2 aromatic rings. The molecule has 0 amide bonds. The van der Waals surface area contributed by atoms with E-state index in [-0.39, 0.29) is 0 Å². The molecule has 3 N–H and O–H groups in total. The monoisotopic (exact) mass is 325 g/mol. The van der Waals surface area contributed by atoms with Crippen LogP contribution in [-0.4, -0.2) is 40.3 Å². The summed E-state index contributed by atoms with van der Waals surface area (Å²) in [6, 6.07) is 7.69. The van der Waals surface area contributed by atoms with Gasteiger partial charge in [-0.3, -0.25) is 0 Å². The molecule has 1 heterocycles. The molecule has 4 nitrogen and oxygen atoms in total. The molecular formula is C15H19NO3S2. The Hall–Kier alpha value is -1.08. The number of carboxylic acids is 1. The van der Waals surface area contributed by atoms with Crippen molar-refractivity contribution < 1.29 is 15.0 Å². The Balaban J connectivity index is 2.17. The number of aliphatic hydroxyl groups is 1. The van der Waals surface area contributed by atoms with Gasteiger partial charge in [0.2, 0.25) is 0 Å². The van der Waals surface area contributed by atoms with E-state index in [0.717, 1.165) is 15.6 Å². The van der Waals surface area contributed by atoms with Crippen LogP contribution in [0.25, 0.3) is 10.1 Å². The Morgan fingerprint density at radius 3 is 2.81 bits per heavy atom. The van der Waals surface area contributed by atoms with Crippen LogP contribution < -0.4 is 5.32 Å². The minimum absolute atomic E-state index is 0.369. The molecule has 0 fully saturated rings. The maximum Gasteiger partial charge on any atom is 0.346 e. The average Bonchev–Trinajstić information content (AvgIpc) is 2.78. The predicted molar refractivity (Wildman–Crippen MR) is 89.5 cm³/mol. The fraction of sp³-hybridized carbons (Fsp3) is 0.400. The van der Waals surface area contributed by atoms with Gasteiger partial charge in [0, 0.05) is 23.5 Å². The molecule has 0 bridgehead atoms. The number of benzene rings is 1. The van der Waals surface area contributed by atoms with E-state index in [2.05, 4.69) is 5.32 Å². The standard InChI is InChI=1S/C15H19NO3S2/c1-15(19,9-20-2)8-16-7-11-10-5-3-4-6-12(10)21-13(11)14(17)18/h3-6,16,19H,7-9H2,1-2H3,(H,17,18). The number of thiophene rings is 1. The summed E-state index contributed by atoms with van der Waals surface area (Å²) in [5.74, 6) is -0.264. The number of aromatic carboxylic acids is 1. The van der Waals surface area contributed by atoms with E-state index in [1.54, 1.807) is 18.7 Å². The smallest absolute Gasteiger partial charge is 0.346 e. The molecule has 6 heteroatoms. The molecule has 2 rings (SSSR count). The Labute approximate surface area is 132 Å². The second-order valence-electron chi connectivity index (χ2n) is 5.24. The third-order valence-electron chi connectivity index (χ3n) is 3.16. The fourth-order valence-electron chi connectivity index (χ4n) is 2.27. The number of carboxylic acid groups (broad SMARTS) is 1. The molecule has 114 valence electrons. The second kappa shape index (κ2) is 6.79. The number of thioether (sulfide) groups is 1. The lowest BCUT2D eigenvalue weighted by Gasteiger charge is -2.22. The van der Waals surface area contributed by atoms with E-state index >= 15 is 0 Å². The van der Waals surface area contributed by atoms with Crippen LogP contribution in [0.4, 0.5) is 0 Å². The lowest BCUT2D eigenvalue weighted by atomic mass is 10.1. The molecule has 0 spiro atoms. The van der Waals surface area contributed by atoms with Crippen LogP contribution in [0.5, 0.6) is 0 Å². The summed E-state index contributed by atoms with van der Waals surface area (Å²) in [6.45, 7) is 2.65. The molecule has 0 aliphatic carbocycles. The molecule has 1 unspecified atom stereocenters. The van der Waals surface area contributed by atoms with E-state index in [0.29, 0.717) is 23.7 Å². The van der Waals surface area contributed by atoms with Crippen molar-refractivity contribution >= 4 is 39.2 Å². The Bertz CT molecular complexity index is 637. The van der Waals surface area contributed by atoms with E-state index < -0.39 is 11.6 Å². The minimum Gasteiger partial charge on any atom is -0.477 e. The van der Waals surface area contributed by atoms with Gasteiger partial charge in [-0.25, -0.2) is 4.79 Å². The summed E-state index contributed by atoms with van der Waals surface area (Å²) in [6.07, 6.45) is 1.95. The Morgan fingerprint density at radius 1 is 1.43 bits per heavy atom. The first-order chi connectivity index (χ1) is 9.94. The third kappa shape index (κ3) is 3.97. The Morgan fingerprint density at radius 2 is 2.14 bits per heavy atom. The SMILES string of the molecule is CSCC(C)(O)CNCc1c(C(=O)O)sc2ccccc12. The average molecular weight is 325 g/mol. The topological polar surface area (TPSA) is 69.6 Å². The van der Waals surface area contributed by atoms with E-state index in [1.165, 1.54) is 11.3 Å². The maximum atomic E-state index is 11.4. The van der Waals surface area contributed by atoms with Crippen LogP contribution in [0, 0.1) is 0 Å². The molecule has 1 aromatic heterocycles. The molecule has 0 saturated heterocycles. The summed E-state index contributed by atoms with van der Waals surface area (Å²) in [4.78, 5) is 11.8. The summed E-state index contributed by atoms with van der Waals surface area (Å²) in [7, 11) is 0. The van der Waals surface area contributed by atoms with Gasteiger partial charge in [0.25, 0.3) is 0 Å². The summed E-state index contributed by atoms with van der Waals surface area (Å²) in [5.41, 5.74) is -0.00250. The van der Waals surface area contributed by atoms with Crippen molar-refractivity contribution in [3.05, 3.63) is 34.7 Å². The van der Waals surface area contributed by atoms with Crippen molar-refractivity contribution in [3.8, 4) is 0 Å². The zero-order valence-electron chi connectivity index (χ0n) is 12.0. The lowest BCUT2D eigenvalue weighted by Crippen LogP contribution is -2.39. The van der Waals surface area contributed by atoms with Gasteiger partial charge >= 0.3 is 5.97 Å². The number of hydrogen-bond donors (Lipinski definition) is 3. The molecule has 0 radical (unpaired) electrons. The summed E-state index contributed by atoms with van der Waals surface area (Å²) >= 11 is 2.88. The largest absolute Gasteiger partial charge is 0.477 e. The van der Waals surface area contributed by atoms with Gasteiger partial charge in [0.05, 0.1) is 5.60 Å². The van der Waals surface area contributed by atoms with Crippen LogP contribution in [0.3, 0.4) is 0 Å². The number of rotatable bonds is 7. The van der Waals surface area contributed by atoms with Crippen molar-refractivity contribution in [2.75, 3.05) is 18.6 Å². The van der Waals surface area contributed by atoms with Crippen molar-refractivity contribution in [2.45, 2.75) is 19.1 Å². The molecule has 0 aliphatic heterocycles. The van der Waals surface area contributed by atoms with Crippen LogP contribution in [0.2, 0.25) is 0 Å². The van der Waals surface area contributed by atoms with Gasteiger partial charge in [0.15, 0.2) is 0 Å². The summed E-state index contributed by atoms with van der Waals surface area (Å²) < 4.78 is 0.975. The highest BCUT2D eigenvalue weighted by Crippen LogP contribution is 2.31. The van der Waals surface area contributed by atoms with Crippen molar-refractivity contribution in [3.63, 3.8) is 0 Å². The Kier molecular flexibility index (Phi) is 5.27. The van der Waals surface area contributed by atoms with Crippen molar-refractivity contribution in [2.24, 2.45) is 0 Å². The van der Waals surface area contributed by atoms with Crippen molar-refractivity contribution in [1.82, 2.24) is 5.32 Å². The normalized spacial score (nSPS) is 14.2. The number of hydrogen-bond acceptors (Lipinski definition) is 5. The number of nitrogens with one attached hydrogen (secondary N) is 1. The van der Waals surface area contributed by atoms with Crippen LogP contribution in [0.15, 0.2) is 24.3 Å². The van der Waals surface area contributed by atoms with Gasteiger partial charge in [-0.2, -0.15) is 11.8 Å². The minimum atomic E-state index is -0.899. The van der Waals surface area contributed by atoms with Crippen molar-refractivity contribution in [1.29, 1.82) is 0 Å². The number of carbonyl (C=O) groups is 1. The molecular weight excluding hydrogens is 306 g/mol. The van der Waals surface area contributed by atoms with Gasteiger partial charge in [-0.1, -0.05) is 18.2 Å². The predicted octanol–water partition coefficient (Wildman–Crippen LogP) is 2.80. The van der Waals surface area contributed by atoms with Gasteiger partial charge in [-0.05, 0) is 30.2 Å². The lowest BCUT2D eigenvalue weighted by molar-refractivity contribution is 0.0701. The fourth-order valence-corrected chi connectivity index (χ4v) is 4.05. The quantitative estimate of drug-likeness (QED) is 0.730. The number of fused-ring (bicyclic) bond motifs is 1.